The van der Waals surface area contributed by atoms with Crippen LogP contribution in [-0.4, -0.2) is 46.0 Å². The first-order chi connectivity index (χ1) is 11.0. The highest BCUT2D eigenvalue weighted by molar-refractivity contribution is 14.0. The fraction of sp³-hybridized carbons (Fsp3) is 0.588. The van der Waals surface area contributed by atoms with E-state index in [2.05, 4.69) is 39.9 Å². The first-order valence-corrected chi connectivity index (χ1v) is 10.1. The van der Waals surface area contributed by atoms with Gasteiger partial charge in [0.15, 0.2) is 15.8 Å². The van der Waals surface area contributed by atoms with Crippen molar-refractivity contribution >= 4 is 39.8 Å². The Morgan fingerprint density at radius 3 is 2.50 bits per heavy atom. The van der Waals surface area contributed by atoms with E-state index in [0.29, 0.717) is 18.1 Å². The maximum atomic E-state index is 11.5. The summed E-state index contributed by atoms with van der Waals surface area (Å²) >= 11 is 0. The molecule has 1 aromatic carbocycles. The van der Waals surface area contributed by atoms with Gasteiger partial charge in [-0.15, -0.1) is 24.0 Å². The topological polar surface area (TPSA) is 70.6 Å². The number of nitrogens with zero attached hydrogens (tertiary/aromatic N) is 1. The van der Waals surface area contributed by atoms with Gasteiger partial charge in [0.2, 0.25) is 0 Å². The number of sulfone groups is 1. The zero-order valence-electron chi connectivity index (χ0n) is 14.0. The average Bonchev–Trinajstić information content (AvgIpc) is 3.27. The van der Waals surface area contributed by atoms with Crippen molar-refractivity contribution in [2.75, 3.05) is 31.6 Å². The smallest absolute Gasteiger partial charge is 0.191 e. The molecule has 24 heavy (non-hydrogen) atoms. The first kappa shape index (κ1) is 19.5. The van der Waals surface area contributed by atoms with Crippen molar-refractivity contribution in [1.82, 2.24) is 10.6 Å². The van der Waals surface area contributed by atoms with E-state index in [9.17, 15) is 8.42 Å². The molecule has 1 saturated heterocycles. The van der Waals surface area contributed by atoms with Gasteiger partial charge >= 0.3 is 0 Å². The number of benzene rings is 1. The van der Waals surface area contributed by atoms with Crippen LogP contribution in [0.1, 0.15) is 24.8 Å². The van der Waals surface area contributed by atoms with Crippen molar-refractivity contribution in [1.29, 1.82) is 0 Å². The van der Waals surface area contributed by atoms with Gasteiger partial charge in [-0.05, 0) is 30.7 Å². The second kappa shape index (κ2) is 8.03. The van der Waals surface area contributed by atoms with E-state index in [4.69, 9.17) is 0 Å². The van der Waals surface area contributed by atoms with E-state index in [1.54, 1.807) is 7.05 Å². The van der Waals surface area contributed by atoms with Crippen molar-refractivity contribution in [3.63, 3.8) is 0 Å². The third-order valence-corrected chi connectivity index (χ3v) is 6.78. The summed E-state index contributed by atoms with van der Waals surface area (Å²) in [5, 5.41) is 6.68. The maximum absolute atomic E-state index is 11.5. The summed E-state index contributed by atoms with van der Waals surface area (Å²) in [4.78, 5) is 4.25. The van der Waals surface area contributed by atoms with Gasteiger partial charge in [0, 0.05) is 25.6 Å². The molecule has 5 nitrogen and oxygen atoms in total. The monoisotopic (exact) mass is 463 g/mol. The predicted octanol–water partition coefficient (Wildman–Crippen LogP) is 1.94. The molecule has 2 fully saturated rings. The van der Waals surface area contributed by atoms with Gasteiger partial charge in [0.05, 0.1) is 11.5 Å². The summed E-state index contributed by atoms with van der Waals surface area (Å²) < 4.78 is 23.0. The zero-order chi connectivity index (χ0) is 16.3. The molecule has 1 aliphatic carbocycles. The Morgan fingerprint density at radius 1 is 1.25 bits per heavy atom. The minimum Gasteiger partial charge on any atom is -0.356 e. The van der Waals surface area contributed by atoms with Crippen LogP contribution in [0.4, 0.5) is 0 Å². The third-order valence-electron chi connectivity index (χ3n) is 4.94. The lowest BCUT2D eigenvalue weighted by Gasteiger charge is -2.20. The maximum Gasteiger partial charge on any atom is 0.191 e. The normalized spacial score (nSPS) is 24.0. The Labute approximate surface area is 161 Å². The molecule has 1 aromatic rings. The van der Waals surface area contributed by atoms with Gasteiger partial charge in [-0.25, -0.2) is 8.42 Å². The minimum absolute atomic E-state index is 0. The van der Waals surface area contributed by atoms with Crippen LogP contribution in [0.15, 0.2) is 35.3 Å². The molecule has 0 bridgehead atoms. The number of hydrogen-bond donors (Lipinski definition) is 2. The number of nitrogens with one attached hydrogen (secondary N) is 2. The highest BCUT2D eigenvalue weighted by Crippen LogP contribution is 2.47. The van der Waals surface area contributed by atoms with Crippen molar-refractivity contribution in [2.24, 2.45) is 10.9 Å². The SMILES string of the molecule is CN=C(NCC1CCS(=O)(=O)C1)NCC1(c2ccccc2)CC1.I. The van der Waals surface area contributed by atoms with Crippen molar-refractivity contribution in [3.8, 4) is 0 Å². The van der Waals surface area contributed by atoms with Crippen molar-refractivity contribution < 1.29 is 8.42 Å². The predicted molar refractivity (Wildman–Crippen MR) is 109 cm³/mol. The average molecular weight is 463 g/mol. The molecule has 0 radical (unpaired) electrons. The largest absolute Gasteiger partial charge is 0.356 e. The highest BCUT2D eigenvalue weighted by Gasteiger charge is 2.44. The molecule has 0 amide bonds. The molecule has 3 rings (SSSR count). The Kier molecular flexibility index (Phi) is 6.52. The van der Waals surface area contributed by atoms with Gasteiger partial charge < -0.3 is 10.6 Å². The van der Waals surface area contributed by atoms with Gasteiger partial charge in [-0.2, -0.15) is 0 Å². The lowest BCUT2D eigenvalue weighted by molar-refractivity contribution is 0.562. The molecule has 2 N–H and O–H groups in total. The van der Waals surface area contributed by atoms with Crippen LogP contribution in [-0.2, 0) is 15.3 Å². The molecule has 1 atom stereocenters. The first-order valence-electron chi connectivity index (χ1n) is 8.23. The third kappa shape index (κ3) is 4.84. The minimum atomic E-state index is -2.81. The van der Waals surface area contributed by atoms with Crippen LogP contribution < -0.4 is 10.6 Å². The standard InChI is InChI=1S/C17H25N3O2S.HI/c1-18-16(19-11-14-7-10-23(21,22)12-14)20-13-17(8-9-17)15-5-3-2-4-6-15;/h2-6,14H,7-13H2,1H3,(H2,18,19,20);1H. The molecule has 1 heterocycles. The van der Waals surface area contributed by atoms with Crippen LogP contribution in [0.2, 0.25) is 0 Å². The van der Waals surface area contributed by atoms with E-state index < -0.39 is 9.84 Å². The van der Waals surface area contributed by atoms with Gasteiger partial charge in [-0.3, -0.25) is 4.99 Å². The fourth-order valence-corrected chi connectivity index (χ4v) is 5.12. The number of rotatable bonds is 5. The molecule has 7 heteroatoms. The summed E-state index contributed by atoms with van der Waals surface area (Å²) in [6.45, 7) is 1.52. The Hall–Kier alpha value is -0.830. The molecule has 0 aromatic heterocycles. The second-order valence-electron chi connectivity index (χ2n) is 6.72. The molecule has 134 valence electrons. The van der Waals surface area contributed by atoms with Crippen LogP contribution in [0, 0.1) is 5.92 Å². The number of halogens is 1. The summed E-state index contributed by atoms with van der Waals surface area (Å²) in [7, 11) is -1.06. The second-order valence-corrected chi connectivity index (χ2v) is 8.95. The van der Waals surface area contributed by atoms with Crippen molar-refractivity contribution in [3.05, 3.63) is 35.9 Å². The summed E-state index contributed by atoms with van der Waals surface area (Å²) in [5.74, 6) is 1.58. The van der Waals surface area contributed by atoms with E-state index in [-0.39, 0.29) is 35.3 Å². The molecule has 1 aliphatic heterocycles. The number of guanidine groups is 1. The molecule has 1 saturated carbocycles. The Balaban J connectivity index is 0.00000208. The van der Waals surface area contributed by atoms with Gasteiger partial charge in [-0.1, -0.05) is 30.3 Å². The quantitative estimate of drug-likeness (QED) is 0.398. The van der Waals surface area contributed by atoms with Crippen LogP contribution >= 0.6 is 24.0 Å². The Morgan fingerprint density at radius 2 is 1.96 bits per heavy atom. The molecule has 0 spiro atoms. The molecule has 1 unspecified atom stereocenters. The van der Waals surface area contributed by atoms with E-state index in [0.717, 1.165) is 18.9 Å². The fourth-order valence-electron chi connectivity index (χ4n) is 3.26. The van der Waals surface area contributed by atoms with Crippen LogP contribution in [0.5, 0.6) is 0 Å². The molecular weight excluding hydrogens is 437 g/mol. The highest BCUT2D eigenvalue weighted by atomic mass is 127. The zero-order valence-corrected chi connectivity index (χ0v) is 17.1. The van der Waals surface area contributed by atoms with Gasteiger partial charge in [0.25, 0.3) is 0 Å². The molecular formula is C17H26IN3O2S. The van der Waals surface area contributed by atoms with E-state index >= 15 is 0 Å². The van der Waals surface area contributed by atoms with E-state index in [1.807, 2.05) is 6.07 Å². The Bertz CT molecular complexity index is 672. The number of aliphatic imine (C=N–C) groups is 1. The van der Waals surface area contributed by atoms with Crippen molar-refractivity contribution in [2.45, 2.75) is 24.7 Å². The van der Waals surface area contributed by atoms with Gasteiger partial charge in [0.1, 0.15) is 0 Å². The number of hydrogen-bond acceptors (Lipinski definition) is 3. The van der Waals surface area contributed by atoms with E-state index in [1.165, 1.54) is 18.4 Å². The summed E-state index contributed by atoms with van der Waals surface area (Å²) in [5.41, 5.74) is 1.61. The summed E-state index contributed by atoms with van der Waals surface area (Å²) in [6.07, 6.45) is 3.14. The molecule has 2 aliphatic rings. The van der Waals surface area contributed by atoms with Crippen LogP contribution in [0.25, 0.3) is 0 Å². The lowest BCUT2D eigenvalue weighted by atomic mass is 9.96. The van der Waals surface area contributed by atoms with Crippen LogP contribution in [0.3, 0.4) is 0 Å². The summed E-state index contributed by atoms with van der Waals surface area (Å²) in [6, 6.07) is 10.6. The lowest BCUT2D eigenvalue weighted by Crippen LogP contribution is -2.43.